The van der Waals surface area contributed by atoms with Crippen LogP contribution in [0.1, 0.15) is 28.9 Å². The van der Waals surface area contributed by atoms with Crippen molar-refractivity contribution in [1.29, 1.82) is 0 Å². The minimum absolute atomic E-state index is 0.0620. The first-order valence-corrected chi connectivity index (χ1v) is 5.99. The van der Waals surface area contributed by atoms with E-state index in [9.17, 15) is 4.79 Å². The first kappa shape index (κ1) is 10.6. The average molecular weight is 225 g/mol. The van der Waals surface area contributed by atoms with Crippen molar-refractivity contribution >= 4 is 17.3 Å². The van der Waals surface area contributed by atoms with E-state index >= 15 is 0 Å². The quantitative estimate of drug-likeness (QED) is 0.742. The molecule has 82 valence electrons. The molecule has 0 aromatic carbocycles. The van der Waals surface area contributed by atoms with E-state index in [2.05, 4.69) is 11.9 Å². The van der Waals surface area contributed by atoms with Gasteiger partial charge in [0, 0.05) is 4.88 Å². The molecule has 0 radical (unpaired) electrons. The van der Waals surface area contributed by atoms with Crippen molar-refractivity contribution in [3.05, 3.63) is 15.6 Å². The lowest BCUT2D eigenvalue weighted by Gasteiger charge is -2.00. The van der Waals surface area contributed by atoms with Crippen LogP contribution in [0.4, 0.5) is 0 Å². The third-order valence-electron chi connectivity index (χ3n) is 2.82. The molecule has 1 heterocycles. The molecule has 0 aliphatic heterocycles. The number of rotatable bonds is 3. The fourth-order valence-electron chi connectivity index (χ4n) is 1.49. The summed E-state index contributed by atoms with van der Waals surface area (Å²) in [4.78, 5) is 17.0. The van der Waals surface area contributed by atoms with E-state index in [0.29, 0.717) is 12.5 Å². The van der Waals surface area contributed by atoms with Crippen LogP contribution in [-0.2, 0) is 16.1 Å². The molecule has 1 fully saturated rings. The third-order valence-corrected chi connectivity index (χ3v) is 3.87. The van der Waals surface area contributed by atoms with E-state index in [1.54, 1.807) is 11.3 Å². The summed E-state index contributed by atoms with van der Waals surface area (Å²) < 4.78 is 5.20. The lowest BCUT2D eigenvalue weighted by molar-refractivity contribution is -0.146. The van der Waals surface area contributed by atoms with E-state index < -0.39 is 0 Å². The molecule has 0 amide bonds. The molecule has 0 bridgehead atoms. The molecule has 1 aliphatic rings. The van der Waals surface area contributed by atoms with Gasteiger partial charge in [-0.15, -0.1) is 11.3 Å². The Morgan fingerprint density at radius 3 is 2.73 bits per heavy atom. The van der Waals surface area contributed by atoms with Crippen molar-refractivity contribution in [2.24, 2.45) is 11.8 Å². The van der Waals surface area contributed by atoms with Gasteiger partial charge in [0.1, 0.15) is 11.6 Å². The highest BCUT2D eigenvalue weighted by atomic mass is 32.1. The topological polar surface area (TPSA) is 39.2 Å². The van der Waals surface area contributed by atoms with E-state index in [1.165, 1.54) is 4.88 Å². The van der Waals surface area contributed by atoms with Crippen LogP contribution in [0.25, 0.3) is 0 Å². The molecule has 1 saturated carbocycles. The standard InChI is InChI=1S/C11H15NO2S/c1-6-4-9(6)11(13)14-5-10-12-7(2)8(3)15-10/h6,9H,4-5H2,1-3H3. The van der Waals surface area contributed by atoms with Gasteiger partial charge in [-0.3, -0.25) is 4.79 Å². The highest BCUT2D eigenvalue weighted by Gasteiger charge is 2.40. The molecular formula is C11H15NO2S. The van der Waals surface area contributed by atoms with Crippen molar-refractivity contribution in [2.45, 2.75) is 33.8 Å². The van der Waals surface area contributed by atoms with Crippen molar-refractivity contribution in [1.82, 2.24) is 4.98 Å². The number of carbonyl (C=O) groups excluding carboxylic acids is 1. The van der Waals surface area contributed by atoms with Crippen LogP contribution in [0, 0.1) is 25.7 Å². The van der Waals surface area contributed by atoms with E-state index in [4.69, 9.17) is 4.74 Å². The Kier molecular flexibility index (Phi) is 2.78. The zero-order valence-corrected chi connectivity index (χ0v) is 10.1. The summed E-state index contributed by atoms with van der Waals surface area (Å²) in [6, 6.07) is 0. The number of nitrogens with zero attached hydrogens (tertiary/aromatic N) is 1. The van der Waals surface area contributed by atoms with Crippen LogP contribution >= 0.6 is 11.3 Å². The molecule has 1 aliphatic carbocycles. The summed E-state index contributed by atoms with van der Waals surface area (Å²) in [5.74, 6) is 0.595. The Hall–Kier alpha value is -0.900. The summed E-state index contributed by atoms with van der Waals surface area (Å²) in [5, 5.41) is 0.895. The highest BCUT2D eigenvalue weighted by Crippen LogP contribution is 2.38. The Balaban J connectivity index is 1.85. The van der Waals surface area contributed by atoms with Crippen molar-refractivity contribution in [3.8, 4) is 0 Å². The second kappa shape index (κ2) is 3.93. The molecule has 1 aromatic rings. The number of ether oxygens (including phenoxy) is 1. The number of aromatic nitrogens is 1. The van der Waals surface area contributed by atoms with Gasteiger partial charge in [-0.25, -0.2) is 4.98 Å². The maximum Gasteiger partial charge on any atom is 0.309 e. The number of carbonyl (C=O) groups is 1. The molecule has 0 N–H and O–H groups in total. The molecule has 2 rings (SSSR count). The SMILES string of the molecule is Cc1nc(COC(=O)C2CC2C)sc1C. The maximum atomic E-state index is 11.4. The zero-order chi connectivity index (χ0) is 11.0. The minimum atomic E-state index is -0.0620. The summed E-state index contributed by atoms with van der Waals surface area (Å²) in [5.41, 5.74) is 1.03. The van der Waals surface area contributed by atoms with Gasteiger partial charge in [-0.05, 0) is 26.2 Å². The molecule has 3 nitrogen and oxygen atoms in total. The summed E-state index contributed by atoms with van der Waals surface area (Å²) in [6.07, 6.45) is 0.981. The number of hydrogen-bond donors (Lipinski definition) is 0. The zero-order valence-electron chi connectivity index (χ0n) is 9.24. The fraction of sp³-hybridized carbons (Fsp3) is 0.636. The molecule has 4 heteroatoms. The van der Waals surface area contributed by atoms with Gasteiger partial charge in [0.05, 0.1) is 11.6 Å². The van der Waals surface area contributed by atoms with Crippen molar-refractivity contribution in [2.75, 3.05) is 0 Å². The van der Waals surface area contributed by atoms with Crippen LogP contribution < -0.4 is 0 Å². The maximum absolute atomic E-state index is 11.4. The fourth-order valence-corrected chi connectivity index (χ4v) is 2.34. The number of thiazole rings is 1. The van der Waals surface area contributed by atoms with Gasteiger partial charge in [0.15, 0.2) is 0 Å². The first-order valence-electron chi connectivity index (χ1n) is 5.17. The lowest BCUT2D eigenvalue weighted by Crippen LogP contribution is -2.07. The second-order valence-corrected chi connectivity index (χ2v) is 5.46. The van der Waals surface area contributed by atoms with E-state index in [0.717, 1.165) is 17.1 Å². The van der Waals surface area contributed by atoms with Crippen LogP contribution in [-0.4, -0.2) is 11.0 Å². The lowest BCUT2D eigenvalue weighted by atomic mass is 10.3. The predicted molar refractivity (Wildman–Crippen MR) is 58.7 cm³/mol. The monoisotopic (exact) mass is 225 g/mol. The van der Waals surface area contributed by atoms with Crippen LogP contribution in [0.5, 0.6) is 0 Å². The van der Waals surface area contributed by atoms with Crippen molar-refractivity contribution < 1.29 is 9.53 Å². The van der Waals surface area contributed by atoms with Gasteiger partial charge in [-0.1, -0.05) is 6.92 Å². The Bertz CT molecular complexity index is 366. The summed E-state index contributed by atoms with van der Waals surface area (Å²) in [6.45, 7) is 6.41. The van der Waals surface area contributed by atoms with Crippen LogP contribution in [0.15, 0.2) is 0 Å². The van der Waals surface area contributed by atoms with Gasteiger partial charge in [-0.2, -0.15) is 0 Å². The van der Waals surface area contributed by atoms with Gasteiger partial charge in [0.2, 0.25) is 0 Å². The molecule has 2 atom stereocenters. The van der Waals surface area contributed by atoms with E-state index in [1.807, 2.05) is 13.8 Å². The average Bonchev–Trinajstić information content (AvgIpc) is 2.82. The number of hydrogen-bond acceptors (Lipinski definition) is 4. The normalized spacial score (nSPS) is 23.9. The molecule has 0 spiro atoms. The Morgan fingerprint density at radius 1 is 1.60 bits per heavy atom. The van der Waals surface area contributed by atoms with Crippen LogP contribution in [0.3, 0.4) is 0 Å². The second-order valence-electron chi connectivity index (χ2n) is 4.18. The number of esters is 1. The van der Waals surface area contributed by atoms with Gasteiger partial charge in [0.25, 0.3) is 0 Å². The molecule has 15 heavy (non-hydrogen) atoms. The summed E-state index contributed by atoms with van der Waals surface area (Å²) >= 11 is 1.60. The Morgan fingerprint density at radius 2 is 2.27 bits per heavy atom. The molecular weight excluding hydrogens is 210 g/mol. The van der Waals surface area contributed by atoms with E-state index in [-0.39, 0.29) is 11.9 Å². The minimum Gasteiger partial charge on any atom is -0.458 e. The highest BCUT2D eigenvalue weighted by molar-refractivity contribution is 7.11. The molecule has 2 unspecified atom stereocenters. The first-order chi connectivity index (χ1) is 7.08. The smallest absolute Gasteiger partial charge is 0.309 e. The van der Waals surface area contributed by atoms with Gasteiger partial charge >= 0.3 is 5.97 Å². The third kappa shape index (κ3) is 2.37. The van der Waals surface area contributed by atoms with Gasteiger partial charge < -0.3 is 4.74 Å². The molecule has 1 aromatic heterocycles. The number of aryl methyl sites for hydroxylation is 2. The Labute approximate surface area is 93.5 Å². The van der Waals surface area contributed by atoms with Crippen LogP contribution in [0.2, 0.25) is 0 Å². The van der Waals surface area contributed by atoms with Crippen molar-refractivity contribution in [3.63, 3.8) is 0 Å². The predicted octanol–water partition coefficient (Wildman–Crippen LogP) is 2.46. The largest absolute Gasteiger partial charge is 0.458 e. The summed E-state index contributed by atoms with van der Waals surface area (Å²) in [7, 11) is 0. The molecule has 0 saturated heterocycles.